The fraction of sp³-hybridized carbons (Fsp3) is 0.353. The molecule has 1 atom stereocenters. The van der Waals surface area contributed by atoms with Gasteiger partial charge in [0, 0.05) is 5.56 Å². The lowest BCUT2D eigenvalue weighted by molar-refractivity contribution is -0.139. The highest BCUT2D eigenvalue weighted by molar-refractivity contribution is 5.92. The summed E-state index contributed by atoms with van der Waals surface area (Å²) >= 11 is 0. The van der Waals surface area contributed by atoms with Crippen LogP contribution in [0, 0.1) is 5.92 Å². The van der Waals surface area contributed by atoms with Gasteiger partial charge in [0.1, 0.15) is 11.8 Å². The molecule has 2 N–H and O–H groups in total. The molecule has 0 saturated carbocycles. The van der Waals surface area contributed by atoms with Crippen LogP contribution in [0.3, 0.4) is 0 Å². The Morgan fingerprint density at radius 3 is 2.57 bits per heavy atom. The molecule has 1 unspecified atom stereocenters. The van der Waals surface area contributed by atoms with Gasteiger partial charge in [-0.1, -0.05) is 44.2 Å². The molecular weight excluding hydrogens is 266 g/mol. The second kappa shape index (κ2) is 6.59. The molecule has 4 heteroatoms. The molecule has 0 amide bonds. The number of hydrogen-bond acceptors (Lipinski definition) is 3. The van der Waals surface area contributed by atoms with Crippen molar-refractivity contribution in [1.29, 1.82) is 0 Å². The van der Waals surface area contributed by atoms with Gasteiger partial charge in [-0.25, -0.2) is 0 Å². The zero-order valence-electron chi connectivity index (χ0n) is 12.6. The number of hydrogen-bond donors (Lipinski definition) is 2. The molecular formula is C17H21NO3. The first-order chi connectivity index (χ1) is 10.0. The van der Waals surface area contributed by atoms with Crippen LogP contribution in [0.5, 0.6) is 5.75 Å². The molecule has 0 aromatic heterocycles. The predicted octanol–water partition coefficient (Wildman–Crippen LogP) is 3.22. The summed E-state index contributed by atoms with van der Waals surface area (Å²) in [5.74, 6) is 0.0653. The second-order valence-electron chi connectivity index (χ2n) is 5.48. The van der Waals surface area contributed by atoms with Crippen LogP contribution in [-0.4, -0.2) is 24.7 Å². The van der Waals surface area contributed by atoms with E-state index >= 15 is 0 Å². The Morgan fingerprint density at radius 1 is 1.24 bits per heavy atom. The lowest BCUT2D eigenvalue weighted by Crippen LogP contribution is -2.31. The fourth-order valence-corrected chi connectivity index (χ4v) is 2.42. The van der Waals surface area contributed by atoms with Gasteiger partial charge >= 0.3 is 5.97 Å². The average molecular weight is 287 g/mol. The maximum atomic E-state index is 11.7. The average Bonchev–Trinajstić information content (AvgIpc) is 2.46. The number of carboxylic acids is 1. The summed E-state index contributed by atoms with van der Waals surface area (Å²) < 4.78 is 5.39. The van der Waals surface area contributed by atoms with Crippen molar-refractivity contribution < 1.29 is 14.6 Å². The van der Waals surface area contributed by atoms with Gasteiger partial charge in [0.25, 0.3) is 0 Å². The molecule has 0 saturated heterocycles. The number of aliphatic carboxylic acids is 1. The molecule has 0 fully saturated rings. The van der Waals surface area contributed by atoms with E-state index < -0.39 is 12.0 Å². The van der Waals surface area contributed by atoms with E-state index in [0.717, 1.165) is 10.8 Å². The van der Waals surface area contributed by atoms with Gasteiger partial charge in [-0.15, -0.1) is 0 Å². The zero-order chi connectivity index (χ0) is 15.4. The van der Waals surface area contributed by atoms with Crippen LogP contribution in [0.2, 0.25) is 0 Å². The highest BCUT2D eigenvalue weighted by atomic mass is 16.5. The molecule has 0 heterocycles. The van der Waals surface area contributed by atoms with Crippen LogP contribution in [-0.2, 0) is 4.79 Å². The Hall–Kier alpha value is -2.07. The normalized spacial score (nSPS) is 12.6. The minimum absolute atomic E-state index is 0.368. The first-order valence-electron chi connectivity index (χ1n) is 7.06. The molecule has 0 bridgehead atoms. The molecule has 2 rings (SSSR count). The lowest BCUT2D eigenvalue weighted by atomic mass is 9.97. The molecule has 0 radical (unpaired) electrons. The smallest absolute Gasteiger partial charge is 0.325 e. The van der Waals surface area contributed by atoms with E-state index in [1.807, 2.05) is 50.2 Å². The topological polar surface area (TPSA) is 58.6 Å². The first kappa shape index (κ1) is 15.3. The van der Waals surface area contributed by atoms with Crippen molar-refractivity contribution in [3.63, 3.8) is 0 Å². The number of ether oxygens (including phenoxy) is 1. The highest BCUT2D eigenvalue weighted by Crippen LogP contribution is 2.33. The van der Waals surface area contributed by atoms with Gasteiger partial charge < -0.3 is 15.2 Å². The highest BCUT2D eigenvalue weighted by Gasteiger charge is 2.25. The summed E-state index contributed by atoms with van der Waals surface area (Å²) in [4.78, 5) is 11.7. The van der Waals surface area contributed by atoms with E-state index in [1.54, 1.807) is 7.11 Å². The largest absolute Gasteiger partial charge is 0.496 e. The standard InChI is InChI=1S/C17H21NO3/c1-11(2)10-18-16(17(19)20)15-13-7-5-4-6-12(13)8-9-14(15)21-3/h4-9,11,16,18H,10H2,1-3H3,(H,19,20). The Kier molecular flexibility index (Phi) is 4.81. The molecule has 0 aliphatic rings. The number of methoxy groups -OCH3 is 1. The summed E-state index contributed by atoms with van der Waals surface area (Å²) in [6.07, 6.45) is 0. The zero-order valence-corrected chi connectivity index (χ0v) is 12.6. The van der Waals surface area contributed by atoms with Crippen LogP contribution in [0.1, 0.15) is 25.5 Å². The Balaban J connectivity index is 2.56. The Bertz CT molecular complexity index is 637. The fourth-order valence-electron chi connectivity index (χ4n) is 2.42. The summed E-state index contributed by atoms with van der Waals surface area (Å²) in [7, 11) is 1.56. The van der Waals surface area contributed by atoms with Crippen molar-refractivity contribution >= 4 is 16.7 Å². The number of carbonyl (C=O) groups is 1. The van der Waals surface area contributed by atoms with Gasteiger partial charge in [-0.05, 0) is 29.3 Å². The first-order valence-corrected chi connectivity index (χ1v) is 7.06. The monoisotopic (exact) mass is 287 g/mol. The van der Waals surface area contributed by atoms with E-state index in [2.05, 4.69) is 5.32 Å². The second-order valence-corrected chi connectivity index (χ2v) is 5.48. The maximum absolute atomic E-state index is 11.7. The maximum Gasteiger partial charge on any atom is 0.325 e. The van der Waals surface area contributed by atoms with Crippen molar-refractivity contribution in [2.75, 3.05) is 13.7 Å². The minimum Gasteiger partial charge on any atom is -0.496 e. The third kappa shape index (κ3) is 3.34. The van der Waals surface area contributed by atoms with Gasteiger partial charge in [-0.2, -0.15) is 0 Å². The number of rotatable bonds is 6. The van der Waals surface area contributed by atoms with E-state index in [0.29, 0.717) is 23.8 Å². The molecule has 112 valence electrons. The Morgan fingerprint density at radius 2 is 1.95 bits per heavy atom. The molecule has 4 nitrogen and oxygen atoms in total. The van der Waals surface area contributed by atoms with Crippen LogP contribution in [0.15, 0.2) is 36.4 Å². The Labute approximate surface area is 124 Å². The number of benzene rings is 2. The van der Waals surface area contributed by atoms with E-state index in [4.69, 9.17) is 4.74 Å². The third-order valence-corrected chi connectivity index (χ3v) is 3.42. The molecule has 0 aliphatic heterocycles. The summed E-state index contributed by atoms with van der Waals surface area (Å²) in [5, 5.41) is 14.6. The number of fused-ring (bicyclic) bond motifs is 1. The molecule has 0 spiro atoms. The quantitative estimate of drug-likeness (QED) is 0.856. The van der Waals surface area contributed by atoms with Crippen molar-refractivity contribution in [1.82, 2.24) is 5.32 Å². The summed E-state index contributed by atoms with van der Waals surface area (Å²) in [6, 6.07) is 10.7. The molecule has 21 heavy (non-hydrogen) atoms. The van der Waals surface area contributed by atoms with Crippen molar-refractivity contribution in [2.24, 2.45) is 5.92 Å². The predicted molar refractivity (Wildman–Crippen MR) is 83.7 cm³/mol. The van der Waals surface area contributed by atoms with Crippen LogP contribution in [0.4, 0.5) is 0 Å². The van der Waals surface area contributed by atoms with Gasteiger partial charge in [0.2, 0.25) is 0 Å². The summed E-state index contributed by atoms with van der Waals surface area (Å²) in [6.45, 7) is 4.72. The van der Waals surface area contributed by atoms with Gasteiger partial charge in [0.15, 0.2) is 0 Å². The third-order valence-electron chi connectivity index (χ3n) is 3.42. The van der Waals surface area contributed by atoms with Gasteiger partial charge in [0.05, 0.1) is 7.11 Å². The van der Waals surface area contributed by atoms with Gasteiger partial charge in [-0.3, -0.25) is 4.79 Å². The minimum atomic E-state index is -0.898. The summed E-state index contributed by atoms with van der Waals surface area (Å²) in [5.41, 5.74) is 0.684. The van der Waals surface area contributed by atoms with Crippen LogP contribution < -0.4 is 10.1 Å². The van der Waals surface area contributed by atoms with Crippen LogP contribution >= 0.6 is 0 Å². The molecule has 2 aromatic carbocycles. The van der Waals surface area contributed by atoms with E-state index in [-0.39, 0.29) is 0 Å². The molecule has 2 aromatic rings. The SMILES string of the molecule is COc1ccc2ccccc2c1C(NCC(C)C)C(=O)O. The number of carboxylic acid groups (broad SMARTS) is 1. The number of nitrogens with one attached hydrogen (secondary N) is 1. The van der Waals surface area contributed by atoms with E-state index in [1.165, 1.54) is 0 Å². The van der Waals surface area contributed by atoms with Crippen molar-refractivity contribution in [2.45, 2.75) is 19.9 Å². The van der Waals surface area contributed by atoms with Crippen molar-refractivity contribution in [3.05, 3.63) is 42.0 Å². The lowest BCUT2D eigenvalue weighted by Gasteiger charge is -2.20. The van der Waals surface area contributed by atoms with Crippen LogP contribution in [0.25, 0.3) is 10.8 Å². The van der Waals surface area contributed by atoms with Crippen molar-refractivity contribution in [3.8, 4) is 5.75 Å². The van der Waals surface area contributed by atoms with E-state index in [9.17, 15) is 9.90 Å². The molecule has 0 aliphatic carbocycles.